The monoisotopic (exact) mass is 252 g/mol. The molecular weight excluding hydrogens is 240 g/mol. The predicted molar refractivity (Wildman–Crippen MR) is 64.8 cm³/mol. The number of nitrogens with zero attached hydrogens (tertiary/aromatic N) is 1. The van der Waals surface area contributed by atoms with Gasteiger partial charge in [-0.1, -0.05) is 17.7 Å². The van der Waals surface area contributed by atoms with Crippen molar-refractivity contribution in [2.45, 2.75) is 26.0 Å². The van der Waals surface area contributed by atoms with Gasteiger partial charge in [-0.15, -0.1) is 0 Å². The molecule has 17 heavy (non-hydrogen) atoms. The summed E-state index contributed by atoms with van der Waals surface area (Å²) in [5.74, 6) is 0.184. The van der Waals surface area contributed by atoms with E-state index in [-0.39, 0.29) is 5.91 Å². The summed E-state index contributed by atoms with van der Waals surface area (Å²) >= 11 is 5.79. The topological polar surface area (TPSA) is 62.1 Å². The number of carbonyl (C=O) groups is 1. The summed E-state index contributed by atoms with van der Waals surface area (Å²) in [6, 6.07) is 8.17. The molecule has 0 unspecified atom stereocenters. The molecule has 0 aliphatic rings. The first-order valence-corrected chi connectivity index (χ1v) is 5.53. The normalized spacial score (nSPS) is 13.3. The summed E-state index contributed by atoms with van der Waals surface area (Å²) < 4.78 is 5.40. The van der Waals surface area contributed by atoms with Crippen LogP contribution in [0.1, 0.15) is 13.8 Å². The Morgan fingerprint density at radius 1 is 1.53 bits per heavy atom. The van der Waals surface area contributed by atoms with Gasteiger partial charge in [0.05, 0.1) is 6.07 Å². The molecule has 5 heteroatoms. The summed E-state index contributed by atoms with van der Waals surface area (Å²) in [6.07, 6.45) is -0.677. The Morgan fingerprint density at radius 3 is 2.82 bits per heavy atom. The predicted octanol–water partition coefficient (Wildman–Crippen LogP) is 2.14. The van der Waals surface area contributed by atoms with Crippen LogP contribution in [0.4, 0.5) is 0 Å². The van der Waals surface area contributed by atoms with Crippen LogP contribution in [0, 0.1) is 11.3 Å². The van der Waals surface area contributed by atoms with Crippen molar-refractivity contribution in [1.82, 2.24) is 5.32 Å². The molecule has 2 atom stereocenters. The molecule has 0 saturated heterocycles. The van der Waals surface area contributed by atoms with Crippen LogP contribution < -0.4 is 10.1 Å². The molecule has 0 saturated carbocycles. The lowest BCUT2D eigenvalue weighted by molar-refractivity contribution is -0.127. The number of benzene rings is 1. The number of rotatable bonds is 4. The zero-order chi connectivity index (χ0) is 12.8. The Balaban J connectivity index is 2.57. The summed E-state index contributed by atoms with van der Waals surface area (Å²) in [5, 5.41) is 11.6. The number of halogens is 1. The van der Waals surface area contributed by atoms with E-state index in [9.17, 15) is 4.79 Å². The SMILES string of the molecule is C[C@@H](C#N)NC(=O)[C@@H](C)Oc1cccc(Cl)c1. The number of nitrogens with one attached hydrogen (secondary N) is 1. The van der Waals surface area contributed by atoms with Crippen LogP contribution in [0.5, 0.6) is 5.75 Å². The third kappa shape index (κ3) is 4.33. The molecule has 90 valence electrons. The van der Waals surface area contributed by atoms with Gasteiger partial charge in [0.1, 0.15) is 11.8 Å². The van der Waals surface area contributed by atoms with Gasteiger partial charge >= 0.3 is 0 Å². The number of carbonyl (C=O) groups excluding carboxylic acids is 1. The lowest BCUT2D eigenvalue weighted by Gasteiger charge is -2.15. The minimum atomic E-state index is -0.677. The van der Waals surface area contributed by atoms with Crippen LogP contribution in [-0.4, -0.2) is 18.1 Å². The number of ether oxygens (including phenoxy) is 1. The minimum Gasteiger partial charge on any atom is -0.481 e. The van der Waals surface area contributed by atoms with Crippen LogP contribution in [0.15, 0.2) is 24.3 Å². The van der Waals surface area contributed by atoms with Crippen LogP contribution >= 0.6 is 11.6 Å². The largest absolute Gasteiger partial charge is 0.481 e. The Labute approximate surface area is 105 Å². The third-order valence-electron chi connectivity index (χ3n) is 2.03. The quantitative estimate of drug-likeness (QED) is 0.893. The first kappa shape index (κ1) is 13.3. The van der Waals surface area contributed by atoms with Crippen molar-refractivity contribution in [2.75, 3.05) is 0 Å². The Morgan fingerprint density at radius 2 is 2.24 bits per heavy atom. The molecule has 4 nitrogen and oxygen atoms in total. The van der Waals surface area contributed by atoms with E-state index in [2.05, 4.69) is 5.32 Å². The van der Waals surface area contributed by atoms with Crippen LogP contribution in [0.25, 0.3) is 0 Å². The molecule has 1 rings (SSSR count). The first-order chi connectivity index (χ1) is 8.02. The zero-order valence-corrected chi connectivity index (χ0v) is 10.4. The van der Waals surface area contributed by atoms with Gasteiger partial charge in [-0.05, 0) is 32.0 Å². The van der Waals surface area contributed by atoms with Crippen molar-refractivity contribution >= 4 is 17.5 Å². The summed E-state index contributed by atoms with van der Waals surface area (Å²) in [6.45, 7) is 3.21. The van der Waals surface area contributed by atoms with E-state index < -0.39 is 12.1 Å². The first-order valence-electron chi connectivity index (χ1n) is 5.15. The van der Waals surface area contributed by atoms with Crippen LogP contribution in [-0.2, 0) is 4.79 Å². The maximum atomic E-state index is 11.6. The molecule has 0 aromatic heterocycles. The Hall–Kier alpha value is -1.73. The van der Waals surface area contributed by atoms with E-state index >= 15 is 0 Å². The minimum absolute atomic E-state index is 0.334. The molecule has 0 aliphatic heterocycles. The molecule has 1 aromatic rings. The van der Waals surface area contributed by atoms with Gasteiger partial charge in [-0.3, -0.25) is 4.79 Å². The highest BCUT2D eigenvalue weighted by Crippen LogP contribution is 2.18. The van der Waals surface area contributed by atoms with Crippen LogP contribution in [0.2, 0.25) is 5.02 Å². The number of hydrogen-bond donors (Lipinski definition) is 1. The molecule has 0 bridgehead atoms. The van der Waals surface area contributed by atoms with Crippen molar-refractivity contribution in [3.05, 3.63) is 29.3 Å². The highest BCUT2D eigenvalue weighted by molar-refractivity contribution is 6.30. The van der Waals surface area contributed by atoms with Gasteiger partial charge in [0.15, 0.2) is 6.10 Å². The zero-order valence-electron chi connectivity index (χ0n) is 9.61. The fourth-order valence-electron chi connectivity index (χ4n) is 1.16. The van der Waals surface area contributed by atoms with Crippen LogP contribution in [0.3, 0.4) is 0 Å². The fourth-order valence-corrected chi connectivity index (χ4v) is 1.34. The van der Waals surface area contributed by atoms with Gasteiger partial charge in [0, 0.05) is 5.02 Å². The second-order valence-corrected chi connectivity index (χ2v) is 4.01. The maximum Gasteiger partial charge on any atom is 0.261 e. The van der Waals surface area contributed by atoms with E-state index in [0.29, 0.717) is 10.8 Å². The van der Waals surface area contributed by atoms with Crippen molar-refractivity contribution in [2.24, 2.45) is 0 Å². The maximum absolute atomic E-state index is 11.6. The van der Waals surface area contributed by atoms with Crippen molar-refractivity contribution in [3.63, 3.8) is 0 Å². The second-order valence-electron chi connectivity index (χ2n) is 3.58. The molecule has 0 spiro atoms. The van der Waals surface area contributed by atoms with E-state index in [1.54, 1.807) is 38.1 Å². The number of amides is 1. The molecule has 0 fully saturated rings. The fraction of sp³-hybridized carbons (Fsp3) is 0.333. The number of hydrogen-bond acceptors (Lipinski definition) is 3. The third-order valence-corrected chi connectivity index (χ3v) is 2.27. The molecule has 1 aromatic carbocycles. The lowest BCUT2D eigenvalue weighted by atomic mass is 10.3. The number of nitriles is 1. The molecule has 1 N–H and O–H groups in total. The molecule has 0 radical (unpaired) electrons. The van der Waals surface area contributed by atoms with Gasteiger partial charge in [-0.2, -0.15) is 5.26 Å². The van der Waals surface area contributed by atoms with Gasteiger partial charge < -0.3 is 10.1 Å². The van der Waals surface area contributed by atoms with E-state index in [1.165, 1.54) is 0 Å². The smallest absolute Gasteiger partial charge is 0.261 e. The standard InChI is InChI=1S/C12H13ClN2O2/c1-8(7-14)15-12(16)9(2)17-11-5-3-4-10(13)6-11/h3-6,8-9H,1-2H3,(H,15,16)/t8-,9+/m0/s1. The van der Waals surface area contributed by atoms with Gasteiger partial charge in [0.25, 0.3) is 5.91 Å². The van der Waals surface area contributed by atoms with Gasteiger partial charge in [-0.25, -0.2) is 0 Å². The van der Waals surface area contributed by atoms with Crippen molar-refractivity contribution < 1.29 is 9.53 Å². The summed E-state index contributed by atoms with van der Waals surface area (Å²) in [7, 11) is 0. The molecule has 1 amide bonds. The Bertz CT molecular complexity index is 442. The molecular formula is C12H13ClN2O2. The van der Waals surface area contributed by atoms with Gasteiger partial charge in [0.2, 0.25) is 0 Å². The summed E-state index contributed by atoms with van der Waals surface area (Å²) in [5.41, 5.74) is 0. The lowest BCUT2D eigenvalue weighted by Crippen LogP contribution is -2.40. The highest BCUT2D eigenvalue weighted by Gasteiger charge is 2.16. The van der Waals surface area contributed by atoms with E-state index in [4.69, 9.17) is 21.6 Å². The average molecular weight is 253 g/mol. The molecule has 0 aliphatic carbocycles. The molecule has 0 heterocycles. The average Bonchev–Trinajstić information content (AvgIpc) is 2.28. The summed E-state index contributed by atoms with van der Waals surface area (Å²) in [4.78, 5) is 11.6. The second kappa shape index (κ2) is 6.12. The van der Waals surface area contributed by atoms with E-state index in [0.717, 1.165) is 0 Å². The van der Waals surface area contributed by atoms with Crippen molar-refractivity contribution in [1.29, 1.82) is 5.26 Å². The van der Waals surface area contributed by atoms with E-state index in [1.807, 2.05) is 6.07 Å². The highest BCUT2D eigenvalue weighted by atomic mass is 35.5. The van der Waals surface area contributed by atoms with Crippen molar-refractivity contribution in [3.8, 4) is 11.8 Å². The Kier molecular flexibility index (Phi) is 4.80.